The van der Waals surface area contributed by atoms with Crippen molar-refractivity contribution in [1.29, 1.82) is 0 Å². The van der Waals surface area contributed by atoms with Gasteiger partial charge in [-0.2, -0.15) is 0 Å². The summed E-state index contributed by atoms with van der Waals surface area (Å²) in [5.74, 6) is -1.31. The van der Waals surface area contributed by atoms with Crippen LogP contribution in [-0.4, -0.2) is 31.7 Å². The van der Waals surface area contributed by atoms with E-state index in [1.54, 1.807) is 26.0 Å². The molecule has 2 rings (SSSR count). The highest BCUT2D eigenvalue weighted by Crippen LogP contribution is 2.33. The van der Waals surface area contributed by atoms with Gasteiger partial charge in [0.1, 0.15) is 5.75 Å². The number of carbonyl (C=O) groups excluding carboxylic acids is 2. The molecular weight excluding hydrogens is 270 g/mol. The Morgan fingerprint density at radius 3 is 2.71 bits per heavy atom. The number of hydrogen-bond acceptors (Lipinski definition) is 5. The maximum Gasteiger partial charge on any atom is 0.322 e. The van der Waals surface area contributed by atoms with Gasteiger partial charge < -0.3 is 9.47 Å². The third kappa shape index (κ3) is 2.86. The minimum absolute atomic E-state index is 0.225. The molecule has 0 saturated heterocycles. The predicted octanol–water partition coefficient (Wildman–Crippen LogP) is 2.26. The number of ketones is 1. The molecule has 0 amide bonds. The van der Waals surface area contributed by atoms with E-state index in [-0.39, 0.29) is 12.4 Å². The van der Waals surface area contributed by atoms with Crippen LogP contribution >= 0.6 is 0 Å². The lowest BCUT2D eigenvalue weighted by Crippen LogP contribution is -2.30. The van der Waals surface area contributed by atoms with Crippen molar-refractivity contribution in [1.82, 2.24) is 0 Å². The Labute approximate surface area is 123 Å². The summed E-state index contributed by atoms with van der Waals surface area (Å²) >= 11 is 0. The van der Waals surface area contributed by atoms with Gasteiger partial charge in [-0.25, -0.2) is 0 Å². The molecule has 21 heavy (non-hydrogen) atoms. The number of para-hydroxylation sites is 1. The topological polar surface area (TPSA) is 65.0 Å². The van der Waals surface area contributed by atoms with Crippen LogP contribution in [0.3, 0.4) is 0 Å². The molecule has 0 aromatic heterocycles. The van der Waals surface area contributed by atoms with Gasteiger partial charge in [0.05, 0.1) is 19.3 Å². The van der Waals surface area contributed by atoms with Gasteiger partial charge in [0.25, 0.3) is 0 Å². The molecule has 0 bridgehead atoms. The number of benzene rings is 1. The minimum atomic E-state index is -0.992. The van der Waals surface area contributed by atoms with Crippen LogP contribution in [0.1, 0.15) is 19.4 Å². The zero-order valence-corrected chi connectivity index (χ0v) is 12.3. The van der Waals surface area contributed by atoms with Crippen molar-refractivity contribution in [3.8, 4) is 5.75 Å². The average Bonchev–Trinajstić information content (AvgIpc) is 2.48. The number of carbonyl (C=O) groups is 2. The largest absolute Gasteiger partial charge is 0.496 e. The molecule has 0 spiro atoms. The monoisotopic (exact) mass is 287 g/mol. The molecule has 0 fully saturated rings. The first-order valence-corrected chi connectivity index (χ1v) is 6.69. The molecule has 0 saturated carbocycles. The van der Waals surface area contributed by atoms with Gasteiger partial charge in [-0.15, -0.1) is 0 Å². The lowest BCUT2D eigenvalue weighted by atomic mass is 9.89. The highest BCUT2D eigenvalue weighted by molar-refractivity contribution is 6.34. The molecule has 110 valence electrons. The highest BCUT2D eigenvalue weighted by Gasteiger charge is 2.34. The molecule has 1 aliphatic rings. The average molecular weight is 287 g/mol. The number of ether oxygens (including phenoxy) is 2. The van der Waals surface area contributed by atoms with E-state index in [1.165, 1.54) is 13.3 Å². The normalized spacial score (nSPS) is 17.9. The van der Waals surface area contributed by atoms with Crippen LogP contribution in [0.5, 0.6) is 5.75 Å². The molecule has 5 nitrogen and oxygen atoms in total. The molecular formula is C16H17NO4. The van der Waals surface area contributed by atoms with Crippen LogP contribution in [0.2, 0.25) is 0 Å². The number of methoxy groups -OCH3 is 1. The Bertz CT molecular complexity index is 631. The van der Waals surface area contributed by atoms with Crippen LogP contribution in [0, 0.1) is 5.92 Å². The first-order chi connectivity index (χ1) is 10.1. The molecule has 0 aliphatic carbocycles. The van der Waals surface area contributed by atoms with Gasteiger partial charge in [-0.3, -0.25) is 14.6 Å². The number of rotatable bonds is 4. The van der Waals surface area contributed by atoms with E-state index in [1.807, 2.05) is 12.1 Å². The first kappa shape index (κ1) is 15.0. The van der Waals surface area contributed by atoms with Crippen LogP contribution in [-0.2, 0) is 14.3 Å². The highest BCUT2D eigenvalue weighted by atomic mass is 16.5. The summed E-state index contributed by atoms with van der Waals surface area (Å²) in [7, 11) is 1.54. The Morgan fingerprint density at radius 2 is 2.05 bits per heavy atom. The fraction of sp³-hybridized carbons (Fsp3) is 0.312. The molecule has 5 heteroatoms. The van der Waals surface area contributed by atoms with Gasteiger partial charge in [-0.05, 0) is 19.9 Å². The van der Waals surface area contributed by atoms with Crippen molar-refractivity contribution in [2.75, 3.05) is 13.7 Å². The van der Waals surface area contributed by atoms with Crippen LogP contribution in [0.4, 0.5) is 0 Å². The third-order valence-electron chi connectivity index (χ3n) is 3.22. The summed E-state index contributed by atoms with van der Waals surface area (Å²) in [4.78, 5) is 28.6. The fourth-order valence-electron chi connectivity index (χ4n) is 2.23. The zero-order chi connectivity index (χ0) is 15.4. The number of esters is 1. The molecule has 1 aliphatic heterocycles. The summed E-state index contributed by atoms with van der Waals surface area (Å²) in [6.45, 7) is 3.66. The van der Waals surface area contributed by atoms with Crippen molar-refractivity contribution >= 4 is 23.5 Å². The van der Waals surface area contributed by atoms with E-state index in [2.05, 4.69) is 4.99 Å². The molecule has 1 unspecified atom stereocenters. The van der Waals surface area contributed by atoms with E-state index >= 15 is 0 Å². The van der Waals surface area contributed by atoms with E-state index in [4.69, 9.17) is 9.47 Å². The predicted molar refractivity (Wildman–Crippen MR) is 79.2 cm³/mol. The van der Waals surface area contributed by atoms with E-state index in [9.17, 15) is 9.59 Å². The molecule has 1 aromatic rings. The summed E-state index contributed by atoms with van der Waals surface area (Å²) in [5, 5.41) is 0. The Balaban J connectivity index is 2.45. The molecule has 1 aromatic carbocycles. The smallest absolute Gasteiger partial charge is 0.322 e. The second-order valence-electron chi connectivity index (χ2n) is 4.53. The van der Waals surface area contributed by atoms with Crippen molar-refractivity contribution in [2.45, 2.75) is 13.8 Å². The van der Waals surface area contributed by atoms with Crippen LogP contribution in [0.25, 0.3) is 5.57 Å². The maximum atomic E-state index is 12.6. The van der Waals surface area contributed by atoms with Gasteiger partial charge in [0.15, 0.2) is 11.7 Å². The van der Waals surface area contributed by atoms with E-state index in [0.29, 0.717) is 22.6 Å². The van der Waals surface area contributed by atoms with Crippen molar-refractivity contribution < 1.29 is 19.1 Å². The Morgan fingerprint density at radius 1 is 1.33 bits per heavy atom. The van der Waals surface area contributed by atoms with Gasteiger partial charge in [0.2, 0.25) is 0 Å². The zero-order valence-electron chi connectivity index (χ0n) is 12.3. The van der Waals surface area contributed by atoms with E-state index < -0.39 is 11.9 Å². The third-order valence-corrected chi connectivity index (χ3v) is 3.22. The van der Waals surface area contributed by atoms with Crippen molar-refractivity contribution in [2.24, 2.45) is 10.9 Å². The minimum Gasteiger partial charge on any atom is -0.496 e. The Hall–Kier alpha value is -2.43. The number of allylic oxidation sites excluding steroid dienone is 2. The quantitative estimate of drug-likeness (QED) is 0.629. The summed E-state index contributed by atoms with van der Waals surface area (Å²) in [6.07, 6.45) is 1.34. The van der Waals surface area contributed by atoms with Gasteiger partial charge >= 0.3 is 5.97 Å². The second-order valence-corrected chi connectivity index (χ2v) is 4.53. The summed E-state index contributed by atoms with van der Waals surface area (Å²) in [6, 6.07) is 7.17. The summed E-state index contributed by atoms with van der Waals surface area (Å²) in [5.41, 5.74) is 1.59. The van der Waals surface area contributed by atoms with Crippen LogP contribution in [0.15, 0.2) is 35.0 Å². The lowest BCUT2D eigenvalue weighted by Gasteiger charge is -2.19. The Kier molecular flexibility index (Phi) is 4.52. The lowest BCUT2D eigenvalue weighted by molar-refractivity contribution is -0.147. The van der Waals surface area contributed by atoms with E-state index in [0.717, 1.165) is 0 Å². The van der Waals surface area contributed by atoms with Gasteiger partial charge in [0, 0.05) is 17.5 Å². The fourth-order valence-corrected chi connectivity index (χ4v) is 2.23. The maximum absolute atomic E-state index is 12.6. The number of hydrogen-bond donors (Lipinski definition) is 0. The molecule has 1 heterocycles. The summed E-state index contributed by atoms with van der Waals surface area (Å²) < 4.78 is 10.2. The molecule has 1 atom stereocenters. The number of Topliss-reactive ketones (excluding diaryl/α,β-unsaturated/α-hetero) is 1. The number of nitrogens with zero attached hydrogens (tertiary/aromatic N) is 1. The van der Waals surface area contributed by atoms with Gasteiger partial charge in [-0.1, -0.05) is 18.2 Å². The van der Waals surface area contributed by atoms with Crippen molar-refractivity contribution in [3.63, 3.8) is 0 Å². The van der Waals surface area contributed by atoms with Crippen molar-refractivity contribution in [3.05, 3.63) is 35.5 Å². The van der Waals surface area contributed by atoms with Crippen LogP contribution < -0.4 is 4.74 Å². The number of aliphatic imine (C=N–C) groups is 1. The molecule has 0 N–H and O–H groups in total. The second kappa shape index (κ2) is 6.35. The SMILES string of the molecule is CCOC(=O)C1C=NC(C)=C(c2ccccc2OC)C1=O. The first-order valence-electron chi connectivity index (χ1n) is 6.69. The molecule has 0 radical (unpaired) electrons. The standard InChI is InChI=1S/C16H17NO4/c1-4-21-16(19)12-9-17-10(2)14(15(12)18)11-7-5-6-8-13(11)20-3/h5-9,12H,4H2,1-3H3.